The molecule has 1 aromatic heterocycles. The third-order valence-electron chi connectivity index (χ3n) is 6.20. The van der Waals surface area contributed by atoms with Crippen molar-refractivity contribution in [2.75, 3.05) is 19.6 Å². The highest BCUT2D eigenvalue weighted by Crippen LogP contribution is 2.34. The molecule has 1 saturated heterocycles. The van der Waals surface area contributed by atoms with Crippen LogP contribution in [0.2, 0.25) is 0 Å². The van der Waals surface area contributed by atoms with Gasteiger partial charge in [-0.3, -0.25) is 0 Å². The maximum absolute atomic E-state index is 3.73. The summed E-state index contributed by atoms with van der Waals surface area (Å²) in [6, 6.07) is 28.3. The van der Waals surface area contributed by atoms with Crippen molar-refractivity contribution in [1.82, 2.24) is 9.88 Å². The van der Waals surface area contributed by atoms with Crippen molar-refractivity contribution in [2.45, 2.75) is 25.7 Å². The van der Waals surface area contributed by atoms with E-state index in [0.717, 1.165) is 13.0 Å². The lowest BCUT2D eigenvalue weighted by molar-refractivity contribution is 0.232. The molecule has 2 heterocycles. The largest absolute Gasteiger partial charge is 0.354 e. The number of aromatic amines is 1. The fourth-order valence-corrected chi connectivity index (χ4v) is 4.62. The second-order valence-electron chi connectivity index (χ2n) is 8.12. The van der Waals surface area contributed by atoms with Gasteiger partial charge in [0.05, 0.1) is 0 Å². The Bertz CT molecular complexity index is 1070. The Morgan fingerprint density at radius 1 is 0.690 bits per heavy atom. The van der Waals surface area contributed by atoms with Gasteiger partial charge in [-0.1, -0.05) is 73.2 Å². The summed E-state index contributed by atoms with van der Waals surface area (Å²) in [7, 11) is 0. The molecule has 4 aromatic rings. The Balaban J connectivity index is 1.57. The molecule has 0 radical (unpaired) electrons. The Labute approximate surface area is 173 Å². The molecule has 0 spiro atoms. The number of hydrogen-bond donors (Lipinski definition) is 1. The topological polar surface area (TPSA) is 19.0 Å². The number of aromatic nitrogens is 1. The summed E-state index contributed by atoms with van der Waals surface area (Å²) in [6.45, 7) is 3.64. The number of H-pyrrole nitrogens is 1. The van der Waals surface area contributed by atoms with Crippen molar-refractivity contribution in [2.24, 2.45) is 0 Å². The maximum Gasteiger partial charge on any atom is 0.0497 e. The molecular formula is C27H28N2. The second kappa shape index (κ2) is 8.26. The van der Waals surface area contributed by atoms with E-state index in [9.17, 15) is 0 Å². The van der Waals surface area contributed by atoms with Crippen molar-refractivity contribution in [3.8, 4) is 22.4 Å². The third kappa shape index (κ3) is 3.86. The number of likely N-dealkylation sites (tertiary alicyclic amines) is 1. The molecule has 3 aromatic carbocycles. The first kappa shape index (κ1) is 18.2. The summed E-state index contributed by atoms with van der Waals surface area (Å²) in [4.78, 5) is 6.37. The summed E-state index contributed by atoms with van der Waals surface area (Å²) < 4.78 is 0. The molecule has 1 fully saturated rings. The van der Waals surface area contributed by atoms with E-state index in [-0.39, 0.29) is 0 Å². The highest BCUT2D eigenvalue weighted by Gasteiger charge is 2.16. The van der Waals surface area contributed by atoms with Gasteiger partial charge in [-0.15, -0.1) is 0 Å². The van der Waals surface area contributed by atoms with Gasteiger partial charge in [0, 0.05) is 23.1 Å². The average Bonchev–Trinajstić information content (AvgIpc) is 3.17. The van der Waals surface area contributed by atoms with Crippen LogP contribution < -0.4 is 0 Å². The van der Waals surface area contributed by atoms with Crippen LogP contribution in [0.15, 0.2) is 78.9 Å². The summed E-state index contributed by atoms with van der Waals surface area (Å²) in [5, 5.41) is 1.36. The molecular weight excluding hydrogens is 352 g/mol. The first-order valence-electron chi connectivity index (χ1n) is 10.9. The molecule has 29 heavy (non-hydrogen) atoms. The van der Waals surface area contributed by atoms with Crippen LogP contribution in [0.4, 0.5) is 0 Å². The van der Waals surface area contributed by atoms with Crippen LogP contribution in [0, 0.1) is 0 Å². The number of benzene rings is 3. The van der Waals surface area contributed by atoms with Gasteiger partial charge >= 0.3 is 0 Å². The summed E-state index contributed by atoms with van der Waals surface area (Å²) >= 11 is 0. The number of fused-ring (bicyclic) bond motifs is 1. The predicted octanol–water partition coefficient (Wildman–Crippen LogP) is 6.53. The quantitative estimate of drug-likeness (QED) is 0.417. The predicted molar refractivity (Wildman–Crippen MR) is 123 cm³/mol. The summed E-state index contributed by atoms with van der Waals surface area (Å²) in [5.74, 6) is 0. The summed E-state index contributed by atoms with van der Waals surface area (Å²) in [5.41, 5.74) is 7.81. The van der Waals surface area contributed by atoms with Crippen molar-refractivity contribution < 1.29 is 0 Å². The number of nitrogens with zero attached hydrogens (tertiary/aromatic N) is 1. The van der Waals surface area contributed by atoms with E-state index in [0.29, 0.717) is 0 Å². The number of rotatable bonds is 5. The standard InChI is InChI=1S/C27H28N2/c1-4-10-21(11-5-1)23-14-15-26-25(20-23)24(16-19-29-17-8-3-9-18-29)27(28-26)22-12-6-2-7-13-22/h1-2,4-7,10-15,20,28H,3,8-9,16-19H2. The minimum absolute atomic E-state index is 1.09. The molecule has 1 N–H and O–H groups in total. The first-order valence-corrected chi connectivity index (χ1v) is 10.9. The van der Waals surface area contributed by atoms with Gasteiger partial charge in [0.15, 0.2) is 0 Å². The van der Waals surface area contributed by atoms with E-state index < -0.39 is 0 Å². The van der Waals surface area contributed by atoms with Gasteiger partial charge in [-0.25, -0.2) is 0 Å². The minimum atomic E-state index is 1.09. The summed E-state index contributed by atoms with van der Waals surface area (Å²) in [6.07, 6.45) is 5.16. The highest BCUT2D eigenvalue weighted by molar-refractivity contribution is 5.93. The molecule has 2 heteroatoms. The second-order valence-corrected chi connectivity index (χ2v) is 8.12. The molecule has 0 unspecified atom stereocenters. The molecule has 1 aliphatic heterocycles. The van der Waals surface area contributed by atoms with Gasteiger partial charge in [-0.2, -0.15) is 0 Å². The zero-order valence-corrected chi connectivity index (χ0v) is 16.9. The molecule has 0 aliphatic carbocycles. The molecule has 0 amide bonds. The van der Waals surface area contributed by atoms with E-state index in [1.165, 1.54) is 71.2 Å². The van der Waals surface area contributed by atoms with E-state index in [1.54, 1.807) is 0 Å². The molecule has 0 saturated carbocycles. The normalized spacial score (nSPS) is 15.0. The first-order chi connectivity index (χ1) is 14.4. The van der Waals surface area contributed by atoms with Crippen LogP contribution in [-0.2, 0) is 6.42 Å². The number of piperidine rings is 1. The zero-order chi connectivity index (χ0) is 19.5. The monoisotopic (exact) mass is 380 g/mol. The Hall–Kier alpha value is -2.84. The minimum Gasteiger partial charge on any atom is -0.354 e. The molecule has 1 aliphatic rings. The smallest absolute Gasteiger partial charge is 0.0497 e. The molecule has 2 nitrogen and oxygen atoms in total. The van der Waals surface area contributed by atoms with E-state index >= 15 is 0 Å². The lowest BCUT2D eigenvalue weighted by atomic mass is 9.98. The number of hydrogen-bond acceptors (Lipinski definition) is 1. The van der Waals surface area contributed by atoms with Crippen molar-refractivity contribution in [3.63, 3.8) is 0 Å². The Morgan fingerprint density at radius 3 is 2.10 bits per heavy atom. The fourth-order valence-electron chi connectivity index (χ4n) is 4.62. The zero-order valence-electron chi connectivity index (χ0n) is 16.9. The van der Waals surface area contributed by atoms with Gasteiger partial charge in [-0.05, 0) is 66.7 Å². The lowest BCUT2D eigenvalue weighted by Gasteiger charge is -2.26. The fraction of sp³-hybridized carbons (Fsp3) is 0.259. The van der Waals surface area contributed by atoms with Crippen molar-refractivity contribution in [1.29, 1.82) is 0 Å². The van der Waals surface area contributed by atoms with Crippen molar-refractivity contribution in [3.05, 3.63) is 84.4 Å². The van der Waals surface area contributed by atoms with E-state index in [2.05, 4.69) is 88.7 Å². The van der Waals surface area contributed by atoms with Crippen LogP contribution in [0.1, 0.15) is 24.8 Å². The van der Waals surface area contributed by atoms with Crippen LogP contribution in [0.5, 0.6) is 0 Å². The van der Waals surface area contributed by atoms with E-state index in [4.69, 9.17) is 0 Å². The molecule has 0 atom stereocenters. The Kier molecular flexibility index (Phi) is 5.19. The van der Waals surface area contributed by atoms with Gasteiger partial charge in [0.2, 0.25) is 0 Å². The van der Waals surface area contributed by atoms with Gasteiger partial charge in [0.25, 0.3) is 0 Å². The average molecular weight is 381 g/mol. The maximum atomic E-state index is 3.73. The molecule has 0 bridgehead atoms. The van der Waals surface area contributed by atoms with Crippen LogP contribution in [0.3, 0.4) is 0 Å². The van der Waals surface area contributed by atoms with Gasteiger partial charge in [0.1, 0.15) is 0 Å². The SMILES string of the molecule is c1ccc(-c2ccc3[nH]c(-c4ccccc4)c(CCN4CCCCC4)c3c2)cc1. The molecule has 146 valence electrons. The van der Waals surface area contributed by atoms with Crippen LogP contribution >= 0.6 is 0 Å². The van der Waals surface area contributed by atoms with Crippen molar-refractivity contribution >= 4 is 10.9 Å². The highest BCUT2D eigenvalue weighted by atomic mass is 15.1. The lowest BCUT2D eigenvalue weighted by Crippen LogP contribution is -2.31. The van der Waals surface area contributed by atoms with Crippen LogP contribution in [-0.4, -0.2) is 29.5 Å². The van der Waals surface area contributed by atoms with E-state index in [1.807, 2.05) is 0 Å². The van der Waals surface area contributed by atoms with Gasteiger partial charge < -0.3 is 9.88 Å². The Morgan fingerprint density at radius 2 is 1.38 bits per heavy atom. The number of nitrogens with one attached hydrogen (secondary N) is 1. The molecule has 5 rings (SSSR count). The third-order valence-corrected chi connectivity index (χ3v) is 6.20. The van der Waals surface area contributed by atoms with Crippen LogP contribution in [0.25, 0.3) is 33.3 Å².